The third-order valence-corrected chi connectivity index (χ3v) is 7.22. The van der Waals surface area contributed by atoms with Crippen LogP contribution >= 0.6 is 11.3 Å². The fraction of sp³-hybridized carbons (Fsp3) is 0.429. The zero-order valence-corrected chi connectivity index (χ0v) is 16.7. The third kappa shape index (κ3) is 3.47. The average molecular weight is 425 g/mol. The van der Waals surface area contributed by atoms with Crippen LogP contribution in [0, 0.1) is 19.8 Å². The highest BCUT2D eigenvalue weighted by Gasteiger charge is 2.48. The van der Waals surface area contributed by atoms with Crippen LogP contribution in [0.3, 0.4) is 0 Å². The highest BCUT2D eigenvalue weighted by atomic mass is 32.1. The van der Waals surface area contributed by atoms with Gasteiger partial charge >= 0.3 is 6.18 Å². The van der Waals surface area contributed by atoms with E-state index in [0.717, 1.165) is 17.4 Å². The first-order chi connectivity index (χ1) is 13.6. The number of amides is 1. The number of alkyl halides is 4. The molecule has 1 aliphatic carbocycles. The Morgan fingerprint density at radius 2 is 1.90 bits per heavy atom. The van der Waals surface area contributed by atoms with E-state index in [1.807, 2.05) is 0 Å². The lowest BCUT2D eigenvalue weighted by molar-refractivity contribution is -0.139. The summed E-state index contributed by atoms with van der Waals surface area (Å²) in [5, 5.41) is 0. The van der Waals surface area contributed by atoms with Crippen LogP contribution in [0.5, 0.6) is 0 Å². The average Bonchev–Trinajstić information content (AvgIpc) is 3.39. The molecule has 0 radical (unpaired) electrons. The number of hydrogen-bond acceptors (Lipinski definition) is 3. The molecular formula is C21H19F4NO2S. The van der Waals surface area contributed by atoms with E-state index < -0.39 is 17.9 Å². The summed E-state index contributed by atoms with van der Waals surface area (Å²) in [6.07, 6.45) is -4.42. The van der Waals surface area contributed by atoms with E-state index in [0.29, 0.717) is 39.2 Å². The maximum atomic E-state index is 13.8. The van der Waals surface area contributed by atoms with Crippen molar-refractivity contribution >= 4 is 23.5 Å². The van der Waals surface area contributed by atoms with E-state index in [9.17, 15) is 27.2 Å². The van der Waals surface area contributed by atoms with Gasteiger partial charge in [-0.25, -0.2) is 4.39 Å². The molecule has 1 aromatic carbocycles. The van der Waals surface area contributed by atoms with Crippen LogP contribution in [0.1, 0.15) is 44.3 Å². The summed E-state index contributed by atoms with van der Waals surface area (Å²) in [5.41, 5.74) is 1.10. The SMILES string of the molecule is Cc1c(C=O)sc(-c2ccc(C3CC3C(=O)N3CC(F)C3)cc2C(F)(F)F)c1C. The lowest BCUT2D eigenvalue weighted by atomic mass is 9.96. The molecule has 1 saturated heterocycles. The van der Waals surface area contributed by atoms with Gasteiger partial charge in [-0.2, -0.15) is 13.2 Å². The molecule has 2 fully saturated rings. The molecule has 0 N–H and O–H groups in total. The summed E-state index contributed by atoms with van der Waals surface area (Å²) < 4.78 is 54.5. The molecule has 2 atom stereocenters. The maximum Gasteiger partial charge on any atom is 0.417 e. The molecule has 1 aliphatic heterocycles. The van der Waals surface area contributed by atoms with E-state index in [-0.39, 0.29) is 36.4 Å². The van der Waals surface area contributed by atoms with Crippen LogP contribution in [-0.2, 0) is 11.0 Å². The second-order valence-electron chi connectivity index (χ2n) is 7.76. The predicted molar refractivity (Wildman–Crippen MR) is 102 cm³/mol. The minimum absolute atomic E-state index is 0.0477. The quantitative estimate of drug-likeness (QED) is 0.502. The molecule has 2 heterocycles. The first-order valence-electron chi connectivity index (χ1n) is 9.31. The number of likely N-dealkylation sites (tertiary alicyclic amines) is 1. The Kier molecular flexibility index (Phi) is 4.80. The second-order valence-corrected chi connectivity index (χ2v) is 8.81. The number of halogens is 4. The van der Waals surface area contributed by atoms with Crippen LogP contribution in [-0.4, -0.2) is 36.4 Å². The van der Waals surface area contributed by atoms with Gasteiger partial charge in [0.25, 0.3) is 0 Å². The number of rotatable bonds is 4. The first-order valence-corrected chi connectivity index (χ1v) is 10.1. The molecule has 1 aromatic heterocycles. The summed E-state index contributed by atoms with van der Waals surface area (Å²) >= 11 is 1.06. The van der Waals surface area contributed by atoms with Crippen LogP contribution in [0.2, 0.25) is 0 Å². The van der Waals surface area contributed by atoms with Gasteiger partial charge in [-0.3, -0.25) is 9.59 Å². The van der Waals surface area contributed by atoms with Gasteiger partial charge in [-0.15, -0.1) is 11.3 Å². The van der Waals surface area contributed by atoms with Crippen molar-refractivity contribution in [3.8, 4) is 10.4 Å². The highest BCUT2D eigenvalue weighted by molar-refractivity contribution is 7.17. The van der Waals surface area contributed by atoms with Gasteiger partial charge in [0.2, 0.25) is 5.91 Å². The number of carbonyl (C=O) groups excluding carboxylic acids is 2. The zero-order chi connectivity index (χ0) is 21.1. The Labute approximate surface area is 169 Å². The molecule has 8 heteroatoms. The molecule has 0 bridgehead atoms. The number of hydrogen-bond donors (Lipinski definition) is 0. The van der Waals surface area contributed by atoms with Crippen molar-refractivity contribution in [2.75, 3.05) is 13.1 Å². The Balaban J connectivity index is 1.66. The van der Waals surface area contributed by atoms with Gasteiger partial charge in [0.15, 0.2) is 6.29 Å². The third-order valence-electron chi connectivity index (χ3n) is 5.87. The van der Waals surface area contributed by atoms with Gasteiger partial charge in [0.05, 0.1) is 23.5 Å². The molecular weight excluding hydrogens is 406 g/mol. The normalized spacial score (nSPS) is 21.8. The summed E-state index contributed by atoms with van der Waals surface area (Å²) in [7, 11) is 0. The topological polar surface area (TPSA) is 37.4 Å². The number of carbonyl (C=O) groups is 2. The molecule has 4 rings (SSSR count). The fourth-order valence-electron chi connectivity index (χ4n) is 3.89. The van der Waals surface area contributed by atoms with Crippen molar-refractivity contribution in [3.05, 3.63) is 45.3 Å². The maximum absolute atomic E-state index is 13.8. The first kappa shape index (κ1) is 20.1. The van der Waals surface area contributed by atoms with Crippen molar-refractivity contribution < 1.29 is 27.2 Å². The Bertz CT molecular complexity index is 991. The van der Waals surface area contributed by atoms with Crippen molar-refractivity contribution in [2.24, 2.45) is 5.92 Å². The van der Waals surface area contributed by atoms with Crippen LogP contribution in [0.4, 0.5) is 17.6 Å². The van der Waals surface area contributed by atoms with Crippen LogP contribution in [0.25, 0.3) is 10.4 Å². The van der Waals surface area contributed by atoms with E-state index >= 15 is 0 Å². The summed E-state index contributed by atoms with van der Waals surface area (Å²) in [6.45, 7) is 3.58. The van der Waals surface area contributed by atoms with Gasteiger partial charge in [0, 0.05) is 16.4 Å². The molecule has 154 valence electrons. The second kappa shape index (κ2) is 6.93. The largest absolute Gasteiger partial charge is 0.417 e. The number of benzene rings is 1. The van der Waals surface area contributed by atoms with Crippen LogP contribution < -0.4 is 0 Å². The van der Waals surface area contributed by atoms with Crippen molar-refractivity contribution in [3.63, 3.8) is 0 Å². The number of thiophene rings is 1. The van der Waals surface area contributed by atoms with Crippen LogP contribution in [0.15, 0.2) is 18.2 Å². The minimum atomic E-state index is -4.57. The summed E-state index contributed by atoms with van der Waals surface area (Å²) in [4.78, 5) is 25.8. The highest BCUT2D eigenvalue weighted by Crippen LogP contribution is 2.51. The molecule has 3 nitrogen and oxygen atoms in total. The standard InChI is InChI=1S/C21H19F4NO2S/c1-10-11(2)19(29-18(10)9-27)14-4-3-12(5-17(14)21(23,24)25)15-6-16(15)20(28)26-7-13(22)8-26/h3-5,9,13,15-16H,6-8H2,1-2H3. The van der Waals surface area contributed by atoms with Gasteiger partial charge in [0.1, 0.15) is 6.17 Å². The van der Waals surface area contributed by atoms with Crippen molar-refractivity contribution in [1.82, 2.24) is 4.90 Å². The Morgan fingerprint density at radius 1 is 1.21 bits per heavy atom. The van der Waals surface area contributed by atoms with Crippen molar-refractivity contribution in [1.29, 1.82) is 0 Å². The van der Waals surface area contributed by atoms with E-state index in [2.05, 4.69) is 0 Å². The van der Waals surface area contributed by atoms with Gasteiger partial charge in [-0.05, 0) is 48.9 Å². The molecule has 2 unspecified atom stereocenters. The predicted octanol–water partition coefficient (Wildman–Crippen LogP) is 5.15. The smallest absolute Gasteiger partial charge is 0.336 e. The van der Waals surface area contributed by atoms with Crippen molar-refractivity contribution in [2.45, 2.75) is 38.5 Å². The zero-order valence-electron chi connectivity index (χ0n) is 15.8. The molecule has 0 spiro atoms. The number of nitrogens with zero attached hydrogens (tertiary/aromatic N) is 1. The van der Waals surface area contributed by atoms with Gasteiger partial charge in [-0.1, -0.05) is 12.1 Å². The van der Waals surface area contributed by atoms with E-state index in [4.69, 9.17) is 0 Å². The molecule has 1 saturated carbocycles. The minimum Gasteiger partial charge on any atom is -0.336 e. The summed E-state index contributed by atoms with van der Waals surface area (Å²) in [6, 6.07) is 4.19. The Hall–Kier alpha value is -2.22. The van der Waals surface area contributed by atoms with Gasteiger partial charge < -0.3 is 4.90 Å². The van der Waals surface area contributed by atoms with E-state index in [1.165, 1.54) is 11.0 Å². The summed E-state index contributed by atoms with van der Waals surface area (Å²) in [5.74, 6) is -0.822. The number of aldehydes is 1. The molecule has 29 heavy (non-hydrogen) atoms. The molecule has 2 aromatic rings. The fourth-order valence-corrected chi connectivity index (χ4v) is 5.06. The molecule has 1 amide bonds. The lowest BCUT2D eigenvalue weighted by Gasteiger charge is -2.34. The molecule has 2 aliphatic rings. The lowest BCUT2D eigenvalue weighted by Crippen LogP contribution is -2.52. The Morgan fingerprint density at radius 3 is 2.45 bits per heavy atom. The monoisotopic (exact) mass is 425 g/mol. The van der Waals surface area contributed by atoms with E-state index in [1.54, 1.807) is 19.9 Å².